The highest BCUT2D eigenvalue weighted by Gasteiger charge is 2.32. The van der Waals surface area contributed by atoms with Crippen molar-refractivity contribution < 1.29 is 17.9 Å². The Morgan fingerprint density at radius 1 is 1.03 bits per heavy atom. The molecule has 1 saturated heterocycles. The van der Waals surface area contributed by atoms with Crippen LogP contribution in [0, 0.1) is 11.7 Å². The number of halogens is 3. The van der Waals surface area contributed by atoms with Gasteiger partial charge in [-0.25, -0.2) is 13.2 Å². The molecule has 1 nitrogen and oxygen atoms in total. The monoisotopic (exact) mass is 400 g/mol. The van der Waals surface area contributed by atoms with Gasteiger partial charge < -0.3 is 4.74 Å². The zero-order valence-corrected chi connectivity index (χ0v) is 16.5. The Labute approximate surface area is 170 Å². The Morgan fingerprint density at radius 3 is 2.31 bits per heavy atom. The second kappa shape index (κ2) is 8.74. The van der Waals surface area contributed by atoms with Crippen LogP contribution in [0.2, 0.25) is 0 Å². The highest BCUT2D eigenvalue weighted by Crippen LogP contribution is 2.41. The Bertz CT molecular complexity index is 847. The van der Waals surface area contributed by atoms with Gasteiger partial charge in [-0.1, -0.05) is 42.5 Å². The zero-order chi connectivity index (χ0) is 20.4. The van der Waals surface area contributed by atoms with Gasteiger partial charge in [0, 0.05) is 5.56 Å². The van der Waals surface area contributed by atoms with Gasteiger partial charge in [0.05, 0.1) is 12.2 Å². The molecule has 1 heterocycles. The van der Waals surface area contributed by atoms with Crippen LogP contribution in [0.5, 0.6) is 0 Å². The molecule has 1 aliphatic carbocycles. The maximum absolute atomic E-state index is 14.7. The van der Waals surface area contributed by atoms with Crippen molar-refractivity contribution in [1.29, 1.82) is 0 Å². The fourth-order valence-electron chi connectivity index (χ4n) is 4.62. The highest BCUT2D eigenvalue weighted by atomic mass is 19.3. The molecule has 1 unspecified atom stereocenters. The summed E-state index contributed by atoms with van der Waals surface area (Å²) in [5, 5.41) is 0. The van der Waals surface area contributed by atoms with Gasteiger partial charge in [0.2, 0.25) is 0 Å². The van der Waals surface area contributed by atoms with Crippen molar-refractivity contribution in [3.05, 3.63) is 71.6 Å². The fraction of sp³-hybridized carbons (Fsp3) is 0.440. The summed E-state index contributed by atoms with van der Waals surface area (Å²) in [6, 6.07) is 10.9. The lowest BCUT2D eigenvalue weighted by Gasteiger charge is -2.28. The van der Waals surface area contributed by atoms with Crippen molar-refractivity contribution in [2.24, 2.45) is 5.92 Å². The predicted molar refractivity (Wildman–Crippen MR) is 110 cm³/mol. The highest BCUT2D eigenvalue weighted by molar-refractivity contribution is 5.69. The van der Waals surface area contributed by atoms with E-state index in [0.29, 0.717) is 18.1 Å². The van der Waals surface area contributed by atoms with E-state index >= 15 is 0 Å². The topological polar surface area (TPSA) is 12.5 Å². The summed E-state index contributed by atoms with van der Waals surface area (Å²) in [6.07, 6.45) is 5.82. The van der Waals surface area contributed by atoms with Gasteiger partial charge in [-0.2, -0.15) is 0 Å². The maximum atomic E-state index is 14.7. The van der Waals surface area contributed by atoms with E-state index in [-0.39, 0.29) is 17.2 Å². The average Bonchev–Trinajstić information content (AvgIpc) is 3.57. The molecule has 154 valence electrons. The van der Waals surface area contributed by atoms with Gasteiger partial charge in [0.25, 0.3) is 6.43 Å². The summed E-state index contributed by atoms with van der Waals surface area (Å²) in [4.78, 5) is 0. The second-order valence-electron chi connectivity index (χ2n) is 8.26. The van der Waals surface area contributed by atoms with Crippen LogP contribution in [0.15, 0.2) is 49.1 Å². The van der Waals surface area contributed by atoms with Gasteiger partial charge in [0.1, 0.15) is 11.9 Å². The number of allylic oxidation sites excluding steroid dienone is 1. The van der Waals surface area contributed by atoms with Gasteiger partial charge in [-0.05, 0) is 67.1 Å². The molecule has 1 aliphatic heterocycles. The van der Waals surface area contributed by atoms with E-state index in [4.69, 9.17) is 4.74 Å². The Hall–Kier alpha value is -2.07. The SMILES string of the molecule is C=CCCC1CCC(c2ccc(-c3ccc(C4CO4)c(F)c3C(F)F)cc2)CC1. The van der Waals surface area contributed by atoms with Crippen molar-refractivity contribution in [3.8, 4) is 11.1 Å². The summed E-state index contributed by atoms with van der Waals surface area (Å²) in [6.45, 7) is 4.20. The number of alkyl halides is 2. The number of ether oxygens (including phenoxy) is 1. The van der Waals surface area contributed by atoms with Crippen molar-refractivity contribution in [1.82, 2.24) is 0 Å². The molecule has 1 atom stereocenters. The number of hydrogen-bond acceptors (Lipinski definition) is 1. The van der Waals surface area contributed by atoms with Gasteiger partial charge in [-0.3, -0.25) is 0 Å². The molecule has 0 radical (unpaired) electrons. The molecule has 4 heteroatoms. The van der Waals surface area contributed by atoms with Crippen LogP contribution in [0.3, 0.4) is 0 Å². The summed E-state index contributed by atoms with van der Waals surface area (Å²) >= 11 is 0. The summed E-state index contributed by atoms with van der Waals surface area (Å²) in [5.41, 5.74) is 1.85. The molecule has 0 spiro atoms. The molecule has 0 bridgehead atoms. The molecule has 2 fully saturated rings. The van der Waals surface area contributed by atoms with E-state index in [1.807, 2.05) is 30.3 Å². The first kappa shape index (κ1) is 20.2. The van der Waals surface area contributed by atoms with E-state index in [9.17, 15) is 13.2 Å². The first-order valence-electron chi connectivity index (χ1n) is 10.5. The van der Waals surface area contributed by atoms with Gasteiger partial charge >= 0.3 is 0 Å². The molecule has 4 rings (SSSR count). The smallest absolute Gasteiger partial charge is 0.267 e. The quantitative estimate of drug-likeness (QED) is 0.342. The van der Waals surface area contributed by atoms with Crippen LogP contribution in [0.4, 0.5) is 13.2 Å². The number of epoxide rings is 1. The van der Waals surface area contributed by atoms with Crippen molar-refractivity contribution in [2.75, 3.05) is 6.61 Å². The summed E-state index contributed by atoms with van der Waals surface area (Å²) in [7, 11) is 0. The van der Waals surface area contributed by atoms with Crippen molar-refractivity contribution in [3.63, 3.8) is 0 Å². The molecular weight excluding hydrogens is 373 g/mol. The van der Waals surface area contributed by atoms with Crippen LogP contribution >= 0.6 is 0 Å². The van der Waals surface area contributed by atoms with Crippen molar-refractivity contribution >= 4 is 0 Å². The lowest BCUT2D eigenvalue weighted by atomic mass is 9.77. The van der Waals surface area contributed by atoms with Crippen LogP contribution in [0.25, 0.3) is 11.1 Å². The van der Waals surface area contributed by atoms with E-state index in [0.717, 1.165) is 25.2 Å². The standard InChI is InChI=1S/C25H27F3O/c1-2-3-4-16-5-7-17(8-6-16)18-9-11-19(12-10-18)20-13-14-21(22-15-29-22)24(26)23(20)25(27)28/h2,9-14,16-17,22,25H,1,3-8,15H2. The molecule has 1 saturated carbocycles. The Kier molecular flexibility index (Phi) is 6.09. The lowest BCUT2D eigenvalue weighted by molar-refractivity contribution is 0.146. The molecular formula is C25H27F3O. The summed E-state index contributed by atoms with van der Waals surface area (Å²) < 4.78 is 47.1. The normalized spacial score (nSPS) is 23.9. The van der Waals surface area contributed by atoms with E-state index in [2.05, 4.69) is 6.58 Å². The van der Waals surface area contributed by atoms with Crippen LogP contribution in [-0.2, 0) is 4.74 Å². The Morgan fingerprint density at radius 2 is 1.72 bits per heavy atom. The largest absolute Gasteiger partial charge is 0.368 e. The molecule has 2 aromatic rings. The van der Waals surface area contributed by atoms with Gasteiger partial charge in [0.15, 0.2) is 0 Å². The predicted octanol–water partition coefficient (Wildman–Crippen LogP) is 7.74. The first-order chi connectivity index (χ1) is 14.1. The third kappa shape index (κ3) is 4.42. The molecule has 0 aromatic heterocycles. The molecule has 2 aromatic carbocycles. The minimum absolute atomic E-state index is 0.230. The minimum Gasteiger partial charge on any atom is -0.368 e. The maximum Gasteiger partial charge on any atom is 0.267 e. The second-order valence-corrected chi connectivity index (χ2v) is 8.26. The van der Waals surface area contributed by atoms with Crippen molar-refractivity contribution in [2.45, 2.75) is 57.0 Å². The zero-order valence-electron chi connectivity index (χ0n) is 16.5. The van der Waals surface area contributed by atoms with Crippen LogP contribution < -0.4 is 0 Å². The van der Waals surface area contributed by atoms with Crippen LogP contribution in [0.1, 0.15) is 73.7 Å². The van der Waals surface area contributed by atoms with Gasteiger partial charge in [-0.15, -0.1) is 6.58 Å². The van der Waals surface area contributed by atoms with Crippen LogP contribution in [-0.4, -0.2) is 6.61 Å². The Balaban J connectivity index is 1.51. The molecule has 0 N–H and O–H groups in total. The average molecular weight is 400 g/mol. The fourth-order valence-corrected chi connectivity index (χ4v) is 4.62. The number of hydrogen-bond donors (Lipinski definition) is 0. The number of benzene rings is 2. The first-order valence-corrected chi connectivity index (χ1v) is 10.5. The molecule has 2 aliphatic rings. The minimum atomic E-state index is -2.87. The van der Waals surface area contributed by atoms with E-state index in [1.54, 1.807) is 12.1 Å². The third-order valence-electron chi connectivity index (χ3n) is 6.43. The molecule has 0 amide bonds. The third-order valence-corrected chi connectivity index (χ3v) is 6.43. The summed E-state index contributed by atoms with van der Waals surface area (Å²) in [5.74, 6) is 0.473. The lowest BCUT2D eigenvalue weighted by Crippen LogP contribution is -2.13. The number of rotatable bonds is 7. The molecule has 29 heavy (non-hydrogen) atoms. The van der Waals surface area contributed by atoms with E-state index < -0.39 is 17.8 Å². The van der Waals surface area contributed by atoms with E-state index in [1.165, 1.54) is 24.8 Å².